The zero-order valence-corrected chi connectivity index (χ0v) is 13.4. The molecule has 3 rings (SSSR count). The van der Waals surface area contributed by atoms with E-state index in [4.69, 9.17) is 0 Å². The molecule has 2 aromatic rings. The molecule has 124 valence electrons. The van der Waals surface area contributed by atoms with Crippen LogP contribution in [0, 0.1) is 10.1 Å². The van der Waals surface area contributed by atoms with Crippen LogP contribution < -0.4 is 4.80 Å². The zero-order chi connectivity index (χ0) is 17.4. The van der Waals surface area contributed by atoms with Gasteiger partial charge in [0.2, 0.25) is 11.8 Å². The molecule has 0 radical (unpaired) electrons. The van der Waals surface area contributed by atoms with E-state index in [1.165, 1.54) is 12.1 Å². The molecular formula is C14H12N4O5S. The number of imide groups is 1. The Hall–Kier alpha value is -2.88. The summed E-state index contributed by atoms with van der Waals surface area (Å²) >= 11 is 1.13. The average Bonchev–Trinajstić information content (AvgIpc) is 3.01. The number of aryl methyl sites for hydroxylation is 1. The Morgan fingerprint density at radius 2 is 2.00 bits per heavy atom. The van der Waals surface area contributed by atoms with Crippen LogP contribution >= 0.6 is 11.3 Å². The summed E-state index contributed by atoms with van der Waals surface area (Å²) in [6.45, 7) is -0.383. The summed E-state index contributed by atoms with van der Waals surface area (Å²) in [5.41, 5.74) is 0.654. The molecule has 1 aliphatic heterocycles. The van der Waals surface area contributed by atoms with Crippen molar-refractivity contribution in [3.05, 3.63) is 33.1 Å². The van der Waals surface area contributed by atoms with Gasteiger partial charge >= 0.3 is 0 Å². The van der Waals surface area contributed by atoms with Crippen molar-refractivity contribution in [1.82, 2.24) is 9.47 Å². The molecule has 24 heavy (non-hydrogen) atoms. The van der Waals surface area contributed by atoms with Gasteiger partial charge in [-0.15, -0.1) is 0 Å². The molecule has 0 N–H and O–H groups in total. The second kappa shape index (κ2) is 5.96. The maximum Gasteiger partial charge on any atom is 0.270 e. The number of nitro groups is 1. The number of nitro benzene ring substituents is 1. The predicted molar refractivity (Wildman–Crippen MR) is 84.0 cm³/mol. The second-order valence-corrected chi connectivity index (χ2v) is 6.24. The highest BCUT2D eigenvalue weighted by Gasteiger charge is 2.30. The number of thiazole rings is 1. The number of carbonyl (C=O) groups is 3. The third-order valence-electron chi connectivity index (χ3n) is 3.67. The molecular weight excluding hydrogens is 336 g/mol. The lowest BCUT2D eigenvalue weighted by atomic mass is 10.3. The Morgan fingerprint density at radius 1 is 1.33 bits per heavy atom. The summed E-state index contributed by atoms with van der Waals surface area (Å²) in [5, 5.41) is 10.8. The van der Waals surface area contributed by atoms with Crippen molar-refractivity contribution < 1.29 is 19.3 Å². The number of hydrogen-bond donors (Lipinski definition) is 0. The van der Waals surface area contributed by atoms with Crippen molar-refractivity contribution in [1.29, 1.82) is 0 Å². The molecule has 9 nitrogen and oxygen atoms in total. The largest absolute Gasteiger partial charge is 0.319 e. The van der Waals surface area contributed by atoms with E-state index in [-0.39, 0.29) is 36.9 Å². The van der Waals surface area contributed by atoms with Gasteiger partial charge in [-0.3, -0.25) is 29.4 Å². The number of amides is 3. The Labute approximate surface area is 139 Å². The maximum absolute atomic E-state index is 12.0. The van der Waals surface area contributed by atoms with Crippen LogP contribution in [0.3, 0.4) is 0 Å². The van der Waals surface area contributed by atoms with Gasteiger partial charge in [-0.05, 0) is 6.07 Å². The van der Waals surface area contributed by atoms with Gasteiger partial charge in [-0.25, -0.2) is 0 Å². The summed E-state index contributed by atoms with van der Waals surface area (Å²) < 4.78 is 2.25. The number of likely N-dealkylation sites (tertiary alicyclic amines) is 1. The van der Waals surface area contributed by atoms with E-state index in [1.54, 1.807) is 17.7 Å². The number of non-ortho nitro benzene ring substituents is 1. The summed E-state index contributed by atoms with van der Waals surface area (Å²) in [5.74, 6) is -1.37. The van der Waals surface area contributed by atoms with Crippen molar-refractivity contribution in [3.63, 3.8) is 0 Å². The Kier molecular flexibility index (Phi) is 3.97. The highest BCUT2D eigenvalue weighted by molar-refractivity contribution is 7.16. The van der Waals surface area contributed by atoms with Crippen LogP contribution in [-0.4, -0.2) is 38.7 Å². The van der Waals surface area contributed by atoms with Crippen LogP contribution in [0.4, 0.5) is 5.69 Å². The van der Waals surface area contributed by atoms with Crippen molar-refractivity contribution >= 4 is 45.0 Å². The predicted octanol–water partition coefficient (Wildman–Crippen LogP) is 0.724. The van der Waals surface area contributed by atoms with E-state index < -0.39 is 10.8 Å². The van der Waals surface area contributed by atoms with Crippen LogP contribution in [0.25, 0.3) is 10.2 Å². The summed E-state index contributed by atoms with van der Waals surface area (Å²) in [6.07, 6.45) is 0.235. The molecule has 2 heterocycles. The fraction of sp³-hybridized carbons (Fsp3) is 0.286. The number of nitrogens with zero attached hydrogens (tertiary/aromatic N) is 4. The van der Waals surface area contributed by atoms with Crippen LogP contribution in [-0.2, 0) is 21.4 Å². The first-order chi connectivity index (χ1) is 11.4. The number of hydrogen-bond acceptors (Lipinski definition) is 6. The van der Waals surface area contributed by atoms with Gasteiger partial charge in [0, 0.05) is 32.0 Å². The summed E-state index contributed by atoms with van der Waals surface area (Å²) in [6, 6.07) is 4.38. The molecule has 3 amide bonds. The van der Waals surface area contributed by atoms with E-state index in [2.05, 4.69) is 4.99 Å². The van der Waals surface area contributed by atoms with Crippen LogP contribution in [0.1, 0.15) is 12.8 Å². The van der Waals surface area contributed by atoms with Crippen LogP contribution in [0.2, 0.25) is 0 Å². The van der Waals surface area contributed by atoms with Crippen LogP contribution in [0.5, 0.6) is 0 Å². The van der Waals surface area contributed by atoms with Crippen molar-refractivity contribution in [3.8, 4) is 0 Å². The second-order valence-electron chi connectivity index (χ2n) is 5.23. The van der Waals surface area contributed by atoms with E-state index in [0.717, 1.165) is 16.2 Å². The highest BCUT2D eigenvalue weighted by Crippen LogP contribution is 2.22. The number of fused-ring (bicyclic) bond motifs is 1. The molecule has 0 aliphatic carbocycles. The van der Waals surface area contributed by atoms with Gasteiger partial charge in [0.25, 0.3) is 11.6 Å². The fourth-order valence-corrected chi connectivity index (χ4v) is 3.49. The lowest BCUT2D eigenvalue weighted by Crippen LogP contribution is -2.34. The lowest BCUT2D eigenvalue weighted by molar-refractivity contribution is -0.384. The Morgan fingerprint density at radius 3 is 2.62 bits per heavy atom. The number of aromatic nitrogens is 1. The molecule has 1 aromatic heterocycles. The lowest BCUT2D eigenvalue weighted by Gasteiger charge is -2.09. The molecule has 0 saturated carbocycles. The SMILES string of the molecule is Cn1c(=NC(=O)CN2C(=O)CCC2=O)sc2cc([N+](=O)[O-])ccc21. The van der Waals surface area contributed by atoms with Crippen LogP contribution in [0.15, 0.2) is 23.2 Å². The maximum atomic E-state index is 12.0. The molecule has 0 spiro atoms. The first-order valence-electron chi connectivity index (χ1n) is 7.01. The number of benzene rings is 1. The minimum absolute atomic E-state index is 0.0458. The van der Waals surface area contributed by atoms with Gasteiger partial charge < -0.3 is 4.57 Å². The van der Waals surface area contributed by atoms with Gasteiger partial charge in [-0.2, -0.15) is 4.99 Å². The van der Waals surface area contributed by atoms with E-state index in [9.17, 15) is 24.5 Å². The first-order valence-corrected chi connectivity index (χ1v) is 7.83. The smallest absolute Gasteiger partial charge is 0.270 e. The Bertz CT molecular complexity index is 942. The van der Waals surface area contributed by atoms with E-state index >= 15 is 0 Å². The fourth-order valence-electron chi connectivity index (χ4n) is 2.42. The molecule has 0 bridgehead atoms. The minimum atomic E-state index is -0.616. The standard InChI is InChI=1S/C14H12N4O5S/c1-16-9-3-2-8(18(22)23)6-10(9)24-14(16)15-11(19)7-17-12(20)4-5-13(17)21/h2-3,6H,4-5,7H2,1H3. The molecule has 1 saturated heterocycles. The zero-order valence-electron chi connectivity index (χ0n) is 12.6. The Balaban J connectivity index is 1.93. The molecule has 1 fully saturated rings. The summed E-state index contributed by atoms with van der Waals surface area (Å²) in [7, 11) is 1.68. The topological polar surface area (TPSA) is 115 Å². The molecule has 0 atom stereocenters. The van der Waals surface area contributed by atoms with Crippen molar-refractivity contribution in [2.45, 2.75) is 12.8 Å². The van der Waals surface area contributed by atoms with Gasteiger partial charge in [-0.1, -0.05) is 11.3 Å². The molecule has 10 heteroatoms. The quantitative estimate of drug-likeness (QED) is 0.460. The molecule has 1 aromatic carbocycles. The monoisotopic (exact) mass is 348 g/mol. The first kappa shape index (κ1) is 16.0. The van der Waals surface area contributed by atoms with Crippen molar-refractivity contribution in [2.24, 2.45) is 12.0 Å². The van der Waals surface area contributed by atoms with Gasteiger partial charge in [0.05, 0.1) is 15.1 Å². The van der Waals surface area contributed by atoms with Gasteiger partial charge in [0.15, 0.2) is 4.80 Å². The molecule has 0 unspecified atom stereocenters. The third-order valence-corrected chi connectivity index (χ3v) is 4.77. The van der Waals surface area contributed by atoms with E-state index in [0.29, 0.717) is 15.0 Å². The van der Waals surface area contributed by atoms with Crippen molar-refractivity contribution in [2.75, 3.05) is 6.54 Å². The minimum Gasteiger partial charge on any atom is -0.319 e. The van der Waals surface area contributed by atoms with E-state index in [1.807, 2.05) is 0 Å². The average molecular weight is 348 g/mol. The normalized spacial score (nSPS) is 15.5. The highest BCUT2D eigenvalue weighted by atomic mass is 32.1. The third kappa shape index (κ3) is 2.83. The molecule has 1 aliphatic rings. The number of rotatable bonds is 3. The number of carbonyl (C=O) groups excluding carboxylic acids is 3. The summed E-state index contributed by atoms with van der Waals surface area (Å²) in [4.78, 5) is 50.6. The van der Waals surface area contributed by atoms with Gasteiger partial charge in [0.1, 0.15) is 6.54 Å².